The van der Waals surface area contributed by atoms with Gasteiger partial charge >= 0.3 is 0 Å². The number of aromatic hydroxyl groups is 1. The first-order valence-electron chi connectivity index (χ1n) is 8.52. The Balaban J connectivity index is 2.11. The number of anilines is 1. The van der Waals surface area contributed by atoms with Crippen molar-refractivity contribution in [1.82, 2.24) is 9.97 Å². The average Bonchev–Trinajstić information content (AvgIpc) is 3.10. The molecule has 0 aliphatic carbocycles. The van der Waals surface area contributed by atoms with Crippen LogP contribution in [0.15, 0.2) is 39.3 Å². The lowest BCUT2D eigenvalue weighted by molar-refractivity contribution is 0.470. The predicted octanol–water partition coefficient (Wildman–Crippen LogP) is 5.70. The van der Waals surface area contributed by atoms with Gasteiger partial charge in [-0.05, 0) is 70.0 Å². The van der Waals surface area contributed by atoms with E-state index in [1.54, 1.807) is 6.08 Å². The molecule has 0 amide bonds. The molecule has 0 saturated carbocycles. The summed E-state index contributed by atoms with van der Waals surface area (Å²) in [6.07, 6.45) is 1.63. The van der Waals surface area contributed by atoms with Crippen molar-refractivity contribution in [3.8, 4) is 11.8 Å². The number of hydrogen-bond acceptors (Lipinski definition) is 4. The number of aromatic nitrogens is 2. The van der Waals surface area contributed by atoms with Gasteiger partial charge in [0, 0.05) is 23.1 Å². The molecule has 0 radical (unpaired) electrons. The number of fused-ring (bicyclic) bond motifs is 1. The van der Waals surface area contributed by atoms with Crippen LogP contribution in [0.5, 0.6) is 5.75 Å². The molecule has 2 N–H and O–H groups in total. The van der Waals surface area contributed by atoms with Crippen LogP contribution in [0, 0.1) is 11.3 Å². The molecule has 0 aliphatic heterocycles. The molecule has 7 heteroatoms. The number of benzene rings is 2. The number of aromatic amines is 1. The van der Waals surface area contributed by atoms with Crippen molar-refractivity contribution < 1.29 is 5.11 Å². The number of para-hydroxylation sites is 2. The van der Waals surface area contributed by atoms with Gasteiger partial charge in [0.05, 0.1) is 26.8 Å². The Morgan fingerprint density at radius 2 is 2.00 bits per heavy atom. The molecule has 3 aromatic rings. The molecule has 1 heterocycles. The highest BCUT2D eigenvalue weighted by Gasteiger charge is 2.18. The summed E-state index contributed by atoms with van der Waals surface area (Å²) in [6.45, 7) is 5.74. The zero-order valence-corrected chi connectivity index (χ0v) is 18.1. The fourth-order valence-corrected chi connectivity index (χ4v) is 4.60. The number of hydrogen-bond donors (Lipinski definition) is 2. The molecular weight excluding hydrogens is 472 g/mol. The summed E-state index contributed by atoms with van der Waals surface area (Å²) in [5, 5.41) is 20.3. The van der Waals surface area contributed by atoms with Crippen molar-refractivity contribution in [3.63, 3.8) is 0 Å². The molecule has 138 valence electrons. The minimum absolute atomic E-state index is 0.0870. The zero-order valence-electron chi connectivity index (χ0n) is 14.9. The van der Waals surface area contributed by atoms with Crippen LogP contribution in [-0.2, 0) is 0 Å². The summed E-state index contributed by atoms with van der Waals surface area (Å²) in [5.41, 5.74) is 3.41. The van der Waals surface area contributed by atoms with Gasteiger partial charge in [-0.2, -0.15) is 5.26 Å². The largest absolute Gasteiger partial charge is 0.506 e. The van der Waals surface area contributed by atoms with E-state index in [1.165, 1.54) is 0 Å². The first-order valence-corrected chi connectivity index (χ1v) is 10.1. The van der Waals surface area contributed by atoms with E-state index >= 15 is 0 Å². The van der Waals surface area contributed by atoms with Gasteiger partial charge in [0.15, 0.2) is 0 Å². The minimum Gasteiger partial charge on any atom is -0.506 e. The number of rotatable bonds is 5. The van der Waals surface area contributed by atoms with E-state index in [9.17, 15) is 10.4 Å². The minimum atomic E-state index is 0.0870. The van der Waals surface area contributed by atoms with Crippen molar-refractivity contribution in [3.05, 3.63) is 50.7 Å². The normalized spacial score (nSPS) is 11.6. The highest BCUT2D eigenvalue weighted by Crippen LogP contribution is 2.43. The third-order valence-corrected chi connectivity index (χ3v) is 5.70. The van der Waals surface area contributed by atoms with Crippen LogP contribution >= 0.6 is 31.9 Å². The van der Waals surface area contributed by atoms with E-state index in [2.05, 4.69) is 66.6 Å². The van der Waals surface area contributed by atoms with Crippen LogP contribution in [0.1, 0.15) is 25.2 Å². The van der Waals surface area contributed by atoms with E-state index < -0.39 is 0 Å². The summed E-state index contributed by atoms with van der Waals surface area (Å²) >= 11 is 7.10. The number of nitrogens with zero attached hydrogens (tertiary/aromatic N) is 3. The number of phenols is 1. The Morgan fingerprint density at radius 3 is 2.63 bits per heavy atom. The van der Waals surface area contributed by atoms with Gasteiger partial charge in [-0.25, -0.2) is 4.98 Å². The Morgan fingerprint density at radius 1 is 1.30 bits per heavy atom. The van der Waals surface area contributed by atoms with E-state index in [4.69, 9.17) is 0 Å². The van der Waals surface area contributed by atoms with Gasteiger partial charge in [0.2, 0.25) is 0 Å². The van der Waals surface area contributed by atoms with Crippen molar-refractivity contribution in [1.29, 1.82) is 5.26 Å². The molecule has 0 aliphatic rings. The van der Waals surface area contributed by atoms with Crippen molar-refractivity contribution in [2.45, 2.75) is 13.8 Å². The molecular formula is C20H18Br2N4O. The molecule has 0 atom stereocenters. The molecule has 1 aromatic heterocycles. The Hall–Kier alpha value is -2.30. The summed E-state index contributed by atoms with van der Waals surface area (Å²) < 4.78 is 1.43. The van der Waals surface area contributed by atoms with Gasteiger partial charge in [-0.1, -0.05) is 12.1 Å². The van der Waals surface area contributed by atoms with Crippen LogP contribution in [0.2, 0.25) is 0 Å². The van der Waals surface area contributed by atoms with Gasteiger partial charge in [-0.3, -0.25) is 0 Å². The Kier molecular flexibility index (Phi) is 5.88. The molecule has 0 fully saturated rings. The molecule has 5 nitrogen and oxygen atoms in total. The zero-order chi connectivity index (χ0) is 19.6. The third-order valence-electron chi connectivity index (χ3n) is 4.34. The van der Waals surface area contributed by atoms with Gasteiger partial charge < -0.3 is 15.0 Å². The van der Waals surface area contributed by atoms with Gasteiger partial charge in [0.1, 0.15) is 17.6 Å². The average molecular weight is 490 g/mol. The van der Waals surface area contributed by atoms with E-state index in [0.29, 0.717) is 21.4 Å². The summed E-state index contributed by atoms with van der Waals surface area (Å²) in [5.74, 6) is 0.558. The second-order valence-corrected chi connectivity index (χ2v) is 7.55. The highest BCUT2D eigenvalue weighted by molar-refractivity contribution is 9.11. The first-order chi connectivity index (χ1) is 13.0. The maximum atomic E-state index is 10.7. The van der Waals surface area contributed by atoms with Crippen LogP contribution in [-0.4, -0.2) is 28.2 Å². The lowest BCUT2D eigenvalue weighted by Crippen LogP contribution is -2.22. The predicted molar refractivity (Wildman–Crippen MR) is 117 cm³/mol. The highest BCUT2D eigenvalue weighted by atomic mass is 79.9. The second kappa shape index (κ2) is 8.15. The Labute approximate surface area is 174 Å². The maximum absolute atomic E-state index is 10.7. The van der Waals surface area contributed by atoms with Crippen LogP contribution < -0.4 is 4.90 Å². The monoisotopic (exact) mass is 488 g/mol. The van der Waals surface area contributed by atoms with Gasteiger partial charge in [0.25, 0.3) is 0 Å². The first kappa shape index (κ1) is 19.5. The molecule has 0 bridgehead atoms. The lowest BCUT2D eigenvalue weighted by Gasteiger charge is -2.25. The SMILES string of the molecule is CCN(CC)c1c(Br)cc(/C=C(/C#N)c2nc3ccccc3[nH]2)c(O)c1Br. The molecule has 0 unspecified atom stereocenters. The van der Waals surface area contributed by atoms with E-state index in [1.807, 2.05) is 30.3 Å². The van der Waals surface area contributed by atoms with Gasteiger partial charge in [-0.15, -0.1) is 0 Å². The van der Waals surface area contributed by atoms with Crippen LogP contribution in [0.4, 0.5) is 5.69 Å². The standard InChI is InChI=1S/C20H18Br2N4O/c1-3-26(4-2)18-14(21)10-12(19(27)17(18)22)9-13(11-23)20-24-15-7-5-6-8-16(15)25-20/h5-10,27H,3-4H2,1-2H3,(H,24,25)/b13-9-. The fourth-order valence-electron chi connectivity index (χ4n) is 2.95. The number of H-pyrrole nitrogens is 1. The third kappa shape index (κ3) is 3.73. The number of allylic oxidation sites excluding steroid dienone is 1. The number of phenolic OH excluding ortho intramolecular Hbond substituents is 1. The maximum Gasteiger partial charge on any atom is 0.149 e. The summed E-state index contributed by atoms with van der Waals surface area (Å²) in [6, 6.07) is 11.6. The lowest BCUT2D eigenvalue weighted by atomic mass is 10.1. The quantitative estimate of drug-likeness (QED) is 0.450. The summed E-state index contributed by atoms with van der Waals surface area (Å²) in [4.78, 5) is 9.75. The van der Waals surface area contributed by atoms with Crippen molar-refractivity contribution >= 4 is 60.2 Å². The number of imidazole rings is 1. The Bertz CT molecular complexity index is 1030. The van der Waals surface area contributed by atoms with E-state index in [0.717, 1.165) is 34.3 Å². The van der Waals surface area contributed by atoms with Crippen LogP contribution in [0.3, 0.4) is 0 Å². The smallest absolute Gasteiger partial charge is 0.149 e. The molecule has 0 saturated heterocycles. The number of halogens is 2. The van der Waals surface area contributed by atoms with E-state index in [-0.39, 0.29) is 5.75 Å². The topological polar surface area (TPSA) is 75.9 Å². The van der Waals surface area contributed by atoms with Crippen molar-refractivity contribution in [2.75, 3.05) is 18.0 Å². The number of nitrogens with one attached hydrogen (secondary N) is 1. The fraction of sp³-hybridized carbons (Fsp3) is 0.200. The summed E-state index contributed by atoms with van der Waals surface area (Å²) in [7, 11) is 0. The van der Waals surface area contributed by atoms with Crippen molar-refractivity contribution in [2.24, 2.45) is 0 Å². The molecule has 2 aromatic carbocycles. The molecule has 3 rings (SSSR count). The molecule has 27 heavy (non-hydrogen) atoms. The number of nitriles is 1. The molecule has 0 spiro atoms. The second-order valence-electron chi connectivity index (χ2n) is 5.90. The van der Waals surface area contributed by atoms with Crippen LogP contribution in [0.25, 0.3) is 22.7 Å².